The molecule has 0 aromatic carbocycles. The Morgan fingerprint density at radius 2 is 2.35 bits per heavy atom. The van der Waals surface area contributed by atoms with Gasteiger partial charge < -0.3 is 19.6 Å². The van der Waals surface area contributed by atoms with E-state index < -0.39 is 0 Å². The molecule has 1 atom stereocenters. The molecule has 1 fully saturated rings. The first-order valence-corrected chi connectivity index (χ1v) is 5.72. The summed E-state index contributed by atoms with van der Waals surface area (Å²) in [6.07, 6.45) is 4.50. The Balaban J connectivity index is 2.25. The number of ether oxygens (including phenoxy) is 1. The number of fused-ring (bicyclic) bond motifs is 1. The molecule has 1 aliphatic rings. The number of aryl methyl sites for hydroxylation is 1. The quantitative estimate of drug-likeness (QED) is 0.795. The lowest BCUT2D eigenvalue weighted by Crippen LogP contribution is -2.24. The maximum Gasteiger partial charge on any atom is 0.262 e. The second kappa shape index (κ2) is 3.63. The van der Waals surface area contributed by atoms with Crippen LogP contribution in [0.15, 0.2) is 23.3 Å². The van der Waals surface area contributed by atoms with Crippen LogP contribution >= 0.6 is 0 Å². The van der Waals surface area contributed by atoms with Crippen molar-refractivity contribution < 1.29 is 4.74 Å². The van der Waals surface area contributed by atoms with Crippen molar-refractivity contribution in [2.45, 2.75) is 12.5 Å². The molecule has 3 heterocycles. The van der Waals surface area contributed by atoms with E-state index in [1.54, 1.807) is 10.8 Å². The third-order valence-corrected chi connectivity index (χ3v) is 3.40. The van der Waals surface area contributed by atoms with Gasteiger partial charge in [-0.1, -0.05) is 0 Å². The normalized spacial score (nSPS) is 20.2. The monoisotopic (exact) mass is 233 g/mol. The molecule has 0 radical (unpaired) electrons. The van der Waals surface area contributed by atoms with Crippen molar-refractivity contribution in [2.75, 3.05) is 18.9 Å². The molecule has 0 bridgehead atoms. The van der Waals surface area contributed by atoms with E-state index in [4.69, 9.17) is 10.5 Å². The summed E-state index contributed by atoms with van der Waals surface area (Å²) in [7, 11) is 1.89. The maximum absolute atomic E-state index is 12.4. The van der Waals surface area contributed by atoms with Crippen LogP contribution in [0.4, 0.5) is 5.69 Å². The molecule has 5 nitrogen and oxygen atoms in total. The Kier molecular flexibility index (Phi) is 2.22. The summed E-state index contributed by atoms with van der Waals surface area (Å²) in [6.45, 7) is 1.33. The van der Waals surface area contributed by atoms with Crippen molar-refractivity contribution in [1.29, 1.82) is 0 Å². The molecule has 5 heteroatoms. The molecule has 0 amide bonds. The Morgan fingerprint density at radius 1 is 1.53 bits per heavy atom. The lowest BCUT2D eigenvalue weighted by Gasteiger charge is -2.12. The van der Waals surface area contributed by atoms with E-state index >= 15 is 0 Å². The second-order valence-electron chi connectivity index (χ2n) is 4.50. The van der Waals surface area contributed by atoms with Gasteiger partial charge in [0.15, 0.2) is 0 Å². The molecule has 90 valence electrons. The van der Waals surface area contributed by atoms with Gasteiger partial charge in [-0.15, -0.1) is 0 Å². The van der Waals surface area contributed by atoms with Crippen LogP contribution in [-0.4, -0.2) is 22.3 Å². The van der Waals surface area contributed by atoms with Crippen molar-refractivity contribution in [3.8, 4) is 0 Å². The minimum Gasteiger partial charge on any atom is -0.397 e. The predicted molar refractivity (Wildman–Crippen MR) is 66.1 cm³/mol. The molecule has 3 rings (SSSR count). The van der Waals surface area contributed by atoms with Crippen molar-refractivity contribution >= 4 is 16.6 Å². The molecule has 2 N–H and O–H groups in total. The topological polar surface area (TPSA) is 62.2 Å². The predicted octanol–water partition coefficient (Wildman–Crippen LogP) is 0.884. The number of nitrogen functional groups attached to an aromatic ring is 1. The van der Waals surface area contributed by atoms with Gasteiger partial charge in [0.2, 0.25) is 0 Å². The van der Waals surface area contributed by atoms with Crippen LogP contribution in [0.1, 0.15) is 12.5 Å². The average molecular weight is 233 g/mol. The van der Waals surface area contributed by atoms with Gasteiger partial charge in [0, 0.05) is 26.0 Å². The highest BCUT2D eigenvalue weighted by atomic mass is 16.5. The van der Waals surface area contributed by atoms with E-state index in [2.05, 4.69) is 0 Å². The SMILES string of the molecule is Cn1cc(N)c2c(=O)n([C@H]3CCOC3)ccc21. The fourth-order valence-electron chi connectivity index (χ4n) is 2.48. The van der Waals surface area contributed by atoms with Gasteiger partial charge in [0.1, 0.15) is 0 Å². The molecular weight excluding hydrogens is 218 g/mol. The summed E-state index contributed by atoms with van der Waals surface area (Å²) in [6, 6.07) is 2.08. The molecule has 0 spiro atoms. The van der Waals surface area contributed by atoms with Crippen molar-refractivity contribution in [3.05, 3.63) is 28.8 Å². The van der Waals surface area contributed by atoms with Crippen LogP contribution in [0, 0.1) is 0 Å². The van der Waals surface area contributed by atoms with E-state index in [1.165, 1.54) is 0 Å². The van der Waals surface area contributed by atoms with Gasteiger partial charge in [0.05, 0.1) is 29.2 Å². The minimum atomic E-state index is -0.0175. The number of hydrogen-bond donors (Lipinski definition) is 1. The molecule has 0 saturated carbocycles. The van der Waals surface area contributed by atoms with E-state index in [1.807, 2.05) is 23.9 Å². The van der Waals surface area contributed by atoms with E-state index in [-0.39, 0.29) is 11.6 Å². The lowest BCUT2D eigenvalue weighted by molar-refractivity contribution is 0.186. The molecule has 2 aromatic rings. The van der Waals surface area contributed by atoms with Gasteiger partial charge in [-0.2, -0.15) is 0 Å². The first kappa shape index (κ1) is 10.4. The Morgan fingerprint density at radius 3 is 3.06 bits per heavy atom. The van der Waals surface area contributed by atoms with Crippen LogP contribution in [0.25, 0.3) is 10.9 Å². The van der Waals surface area contributed by atoms with Gasteiger partial charge in [0.25, 0.3) is 5.56 Å². The number of pyridine rings is 1. The van der Waals surface area contributed by atoms with Crippen LogP contribution in [0.5, 0.6) is 0 Å². The van der Waals surface area contributed by atoms with Gasteiger partial charge in [-0.25, -0.2) is 0 Å². The third kappa shape index (κ3) is 1.46. The number of anilines is 1. The summed E-state index contributed by atoms with van der Waals surface area (Å²) in [4.78, 5) is 12.4. The maximum atomic E-state index is 12.4. The van der Waals surface area contributed by atoms with Crippen molar-refractivity contribution in [2.24, 2.45) is 7.05 Å². The highest BCUT2D eigenvalue weighted by molar-refractivity contribution is 5.90. The number of rotatable bonds is 1. The van der Waals surface area contributed by atoms with Gasteiger partial charge >= 0.3 is 0 Å². The van der Waals surface area contributed by atoms with Crippen LogP contribution in [0.2, 0.25) is 0 Å². The lowest BCUT2D eigenvalue weighted by atomic mass is 10.2. The molecule has 0 aliphatic carbocycles. The van der Waals surface area contributed by atoms with Crippen LogP contribution < -0.4 is 11.3 Å². The summed E-state index contributed by atoms with van der Waals surface area (Å²) in [5.74, 6) is 0. The smallest absolute Gasteiger partial charge is 0.262 e. The zero-order valence-electron chi connectivity index (χ0n) is 9.72. The number of nitrogens with zero attached hydrogens (tertiary/aromatic N) is 2. The van der Waals surface area contributed by atoms with Crippen molar-refractivity contribution in [1.82, 2.24) is 9.13 Å². The Hall–Kier alpha value is -1.75. The molecule has 1 saturated heterocycles. The standard InChI is InChI=1S/C12H15N3O2/c1-14-6-9(13)11-10(14)2-4-15(12(11)16)8-3-5-17-7-8/h2,4,6,8H,3,5,7,13H2,1H3/t8-/m0/s1. The molecular formula is C12H15N3O2. The van der Waals surface area contributed by atoms with Gasteiger partial charge in [-0.3, -0.25) is 4.79 Å². The fraction of sp³-hybridized carbons (Fsp3) is 0.417. The number of hydrogen-bond acceptors (Lipinski definition) is 3. The van der Waals surface area contributed by atoms with Crippen LogP contribution in [0.3, 0.4) is 0 Å². The van der Waals surface area contributed by atoms with E-state index in [0.29, 0.717) is 17.7 Å². The molecule has 17 heavy (non-hydrogen) atoms. The van der Waals surface area contributed by atoms with E-state index in [0.717, 1.165) is 18.5 Å². The largest absolute Gasteiger partial charge is 0.397 e. The first-order chi connectivity index (χ1) is 8.18. The minimum absolute atomic E-state index is 0.0175. The van der Waals surface area contributed by atoms with Gasteiger partial charge in [-0.05, 0) is 12.5 Å². The summed E-state index contributed by atoms with van der Waals surface area (Å²) < 4.78 is 8.94. The molecule has 1 aliphatic heterocycles. The Bertz CT molecular complexity index is 620. The number of nitrogens with two attached hydrogens (primary N) is 1. The van der Waals surface area contributed by atoms with Crippen molar-refractivity contribution in [3.63, 3.8) is 0 Å². The number of aromatic nitrogens is 2. The first-order valence-electron chi connectivity index (χ1n) is 5.72. The average Bonchev–Trinajstić information content (AvgIpc) is 2.89. The highest BCUT2D eigenvalue weighted by Crippen LogP contribution is 2.22. The summed E-state index contributed by atoms with van der Waals surface area (Å²) in [5, 5.41) is 0.613. The Labute approximate surface area is 98.4 Å². The zero-order chi connectivity index (χ0) is 12.0. The molecule has 0 unspecified atom stereocenters. The highest BCUT2D eigenvalue weighted by Gasteiger charge is 2.20. The second-order valence-corrected chi connectivity index (χ2v) is 4.50. The van der Waals surface area contributed by atoms with Crippen LogP contribution in [-0.2, 0) is 11.8 Å². The fourth-order valence-corrected chi connectivity index (χ4v) is 2.48. The van der Waals surface area contributed by atoms with E-state index in [9.17, 15) is 4.79 Å². The zero-order valence-corrected chi connectivity index (χ0v) is 9.72. The summed E-state index contributed by atoms with van der Waals surface area (Å²) >= 11 is 0. The molecule has 2 aromatic heterocycles. The summed E-state index contributed by atoms with van der Waals surface area (Å²) in [5.41, 5.74) is 7.28. The third-order valence-electron chi connectivity index (χ3n) is 3.40.